The highest BCUT2D eigenvalue weighted by molar-refractivity contribution is 7.99. The fourth-order valence-corrected chi connectivity index (χ4v) is 2.54. The van der Waals surface area contributed by atoms with Crippen LogP contribution in [0.3, 0.4) is 0 Å². The number of halogens is 1. The van der Waals surface area contributed by atoms with E-state index < -0.39 is 0 Å². The number of hydrogen-bond donors (Lipinski definition) is 1. The summed E-state index contributed by atoms with van der Waals surface area (Å²) in [4.78, 5) is 1.32. The van der Waals surface area contributed by atoms with Crippen molar-refractivity contribution < 1.29 is 4.39 Å². The summed E-state index contributed by atoms with van der Waals surface area (Å²) in [6.45, 7) is 2.99. The molecule has 0 saturated carbocycles. The molecule has 0 aliphatic carbocycles. The molecule has 1 N–H and O–H groups in total. The molecule has 0 aliphatic rings. The normalized spacial score (nSPS) is 10.3. The van der Waals surface area contributed by atoms with Crippen LogP contribution in [0.1, 0.15) is 5.56 Å². The van der Waals surface area contributed by atoms with Gasteiger partial charge in [0.05, 0.1) is 0 Å². The van der Waals surface area contributed by atoms with Crippen LogP contribution < -0.4 is 5.32 Å². The van der Waals surface area contributed by atoms with Gasteiger partial charge in [-0.15, -0.1) is 11.8 Å². The van der Waals surface area contributed by atoms with Gasteiger partial charge in [0.2, 0.25) is 0 Å². The first-order chi connectivity index (χ1) is 8.75. The van der Waals surface area contributed by atoms with Gasteiger partial charge in [-0.3, -0.25) is 0 Å². The van der Waals surface area contributed by atoms with E-state index in [0.717, 1.165) is 18.0 Å². The minimum atomic E-state index is -0.199. The summed E-state index contributed by atoms with van der Waals surface area (Å²) in [7, 11) is 0. The van der Waals surface area contributed by atoms with E-state index in [0.29, 0.717) is 0 Å². The monoisotopic (exact) mass is 261 g/mol. The van der Waals surface area contributed by atoms with Gasteiger partial charge in [-0.05, 0) is 42.8 Å². The van der Waals surface area contributed by atoms with Crippen LogP contribution in [0, 0.1) is 12.7 Å². The SMILES string of the molecule is Cc1ccccc1SCCNc1ccc(F)cc1. The molecular formula is C15H16FNS. The third kappa shape index (κ3) is 3.77. The lowest BCUT2D eigenvalue weighted by molar-refractivity contribution is 0.628. The number of hydrogen-bond acceptors (Lipinski definition) is 2. The molecule has 2 aromatic carbocycles. The molecular weight excluding hydrogens is 245 g/mol. The number of benzene rings is 2. The summed E-state index contributed by atoms with van der Waals surface area (Å²) >= 11 is 1.83. The number of rotatable bonds is 5. The van der Waals surface area contributed by atoms with Crippen LogP contribution in [-0.2, 0) is 0 Å². The van der Waals surface area contributed by atoms with Gasteiger partial charge in [0, 0.05) is 22.9 Å². The molecule has 0 heterocycles. The summed E-state index contributed by atoms with van der Waals surface area (Å²) in [6, 6.07) is 14.8. The lowest BCUT2D eigenvalue weighted by Gasteiger charge is -2.07. The average molecular weight is 261 g/mol. The van der Waals surface area contributed by atoms with Gasteiger partial charge in [-0.2, -0.15) is 0 Å². The zero-order valence-electron chi connectivity index (χ0n) is 10.3. The van der Waals surface area contributed by atoms with Crippen molar-refractivity contribution in [2.24, 2.45) is 0 Å². The molecule has 18 heavy (non-hydrogen) atoms. The van der Waals surface area contributed by atoms with Crippen molar-refractivity contribution in [3.63, 3.8) is 0 Å². The topological polar surface area (TPSA) is 12.0 Å². The maximum absolute atomic E-state index is 12.7. The smallest absolute Gasteiger partial charge is 0.123 e. The fourth-order valence-electron chi connectivity index (χ4n) is 1.64. The third-order valence-electron chi connectivity index (χ3n) is 2.63. The van der Waals surface area contributed by atoms with Crippen molar-refractivity contribution in [3.8, 4) is 0 Å². The molecule has 94 valence electrons. The molecule has 0 fully saturated rings. The Morgan fingerprint density at radius 2 is 1.78 bits per heavy atom. The molecule has 0 unspecified atom stereocenters. The second-order valence-corrected chi connectivity index (χ2v) is 5.18. The van der Waals surface area contributed by atoms with E-state index in [1.807, 2.05) is 11.8 Å². The summed E-state index contributed by atoms with van der Waals surface area (Å²) in [5.41, 5.74) is 2.27. The van der Waals surface area contributed by atoms with Gasteiger partial charge in [0.15, 0.2) is 0 Å². The minimum Gasteiger partial charge on any atom is -0.384 e. The maximum Gasteiger partial charge on any atom is 0.123 e. The first kappa shape index (κ1) is 13.0. The molecule has 3 heteroatoms. The lowest BCUT2D eigenvalue weighted by atomic mass is 10.2. The Morgan fingerprint density at radius 1 is 1.06 bits per heavy atom. The van der Waals surface area contributed by atoms with Crippen molar-refractivity contribution in [3.05, 3.63) is 59.9 Å². The predicted molar refractivity (Wildman–Crippen MR) is 76.8 cm³/mol. The summed E-state index contributed by atoms with van der Waals surface area (Å²) < 4.78 is 12.7. The molecule has 0 aliphatic heterocycles. The van der Waals surface area contributed by atoms with Crippen LogP contribution in [0.25, 0.3) is 0 Å². The molecule has 2 rings (SSSR count). The first-order valence-electron chi connectivity index (χ1n) is 5.93. The maximum atomic E-state index is 12.7. The van der Waals surface area contributed by atoms with E-state index in [2.05, 4.69) is 36.5 Å². The van der Waals surface area contributed by atoms with Crippen molar-refractivity contribution >= 4 is 17.4 Å². The van der Waals surface area contributed by atoms with Gasteiger partial charge >= 0.3 is 0 Å². The Balaban J connectivity index is 1.76. The Kier molecular flexibility index (Phi) is 4.65. The second kappa shape index (κ2) is 6.45. The standard InChI is InChI=1S/C15H16FNS/c1-12-4-2-3-5-15(12)18-11-10-17-14-8-6-13(16)7-9-14/h2-9,17H,10-11H2,1H3. The highest BCUT2D eigenvalue weighted by Gasteiger charge is 1.97. The zero-order chi connectivity index (χ0) is 12.8. The van der Waals surface area contributed by atoms with Crippen LogP contribution in [0.5, 0.6) is 0 Å². The molecule has 0 amide bonds. The van der Waals surface area contributed by atoms with Crippen LogP contribution in [0.15, 0.2) is 53.4 Å². The van der Waals surface area contributed by atoms with E-state index in [-0.39, 0.29) is 5.82 Å². The van der Waals surface area contributed by atoms with E-state index in [4.69, 9.17) is 0 Å². The van der Waals surface area contributed by atoms with Crippen molar-refractivity contribution in [1.29, 1.82) is 0 Å². The molecule has 1 nitrogen and oxygen atoms in total. The second-order valence-electron chi connectivity index (χ2n) is 4.05. The van der Waals surface area contributed by atoms with Crippen LogP contribution in [-0.4, -0.2) is 12.3 Å². The van der Waals surface area contributed by atoms with Gasteiger partial charge in [-0.1, -0.05) is 18.2 Å². The van der Waals surface area contributed by atoms with E-state index in [1.165, 1.54) is 22.6 Å². The van der Waals surface area contributed by atoms with Crippen LogP contribution in [0.4, 0.5) is 10.1 Å². The molecule has 0 radical (unpaired) electrons. The summed E-state index contributed by atoms with van der Waals surface area (Å²) in [6.07, 6.45) is 0. The van der Waals surface area contributed by atoms with Crippen molar-refractivity contribution in [1.82, 2.24) is 0 Å². The van der Waals surface area contributed by atoms with Gasteiger partial charge in [0.25, 0.3) is 0 Å². The Labute approximate surface area is 111 Å². The highest BCUT2D eigenvalue weighted by atomic mass is 32.2. The number of nitrogens with one attached hydrogen (secondary N) is 1. The molecule has 0 aromatic heterocycles. The van der Waals surface area contributed by atoms with Crippen molar-refractivity contribution in [2.45, 2.75) is 11.8 Å². The predicted octanol–water partition coefficient (Wildman–Crippen LogP) is 4.34. The highest BCUT2D eigenvalue weighted by Crippen LogP contribution is 2.21. The molecule has 0 spiro atoms. The van der Waals surface area contributed by atoms with Gasteiger partial charge < -0.3 is 5.32 Å². The largest absolute Gasteiger partial charge is 0.384 e. The first-order valence-corrected chi connectivity index (χ1v) is 6.92. The molecule has 0 bridgehead atoms. The number of aryl methyl sites for hydroxylation is 1. The van der Waals surface area contributed by atoms with E-state index in [1.54, 1.807) is 12.1 Å². The van der Waals surface area contributed by atoms with Crippen LogP contribution in [0.2, 0.25) is 0 Å². The molecule has 0 atom stereocenters. The Bertz CT molecular complexity index is 496. The van der Waals surface area contributed by atoms with E-state index in [9.17, 15) is 4.39 Å². The quantitative estimate of drug-likeness (QED) is 0.635. The lowest BCUT2D eigenvalue weighted by Crippen LogP contribution is -2.03. The fraction of sp³-hybridized carbons (Fsp3) is 0.200. The molecule has 2 aromatic rings. The summed E-state index contributed by atoms with van der Waals surface area (Å²) in [5.74, 6) is 0.789. The summed E-state index contributed by atoms with van der Waals surface area (Å²) in [5, 5.41) is 3.27. The third-order valence-corrected chi connectivity index (χ3v) is 3.80. The number of anilines is 1. The average Bonchev–Trinajstić information content (AvgIpc) is 2.39. The Morgan fingerprint density at radius 3 is 2.50 bits per heavy atom. The zero-order valence-corrected chi connectivity index (χ0v) is 11.1. The molecule has 0 saturated heterocycles. The van der Waals surface area contributed by atoms with Crippen molar-refractivity contribution in [2.75, 3.05) is 17.6 Å². The van der Waals surface area contributed by atoms with Gasteiger partial charge in [-0.25, -0.2) is 4.39 Å². The van der Waals surface area contributed by atoms with Gasteiger partial charge in [0.1, 0.15) is 5.82 Å². The number of thioether (sulfide) groups is 1. The van der Waals surface area contributed by atoms with E-state index >= 15 is 0 Å². The minimum absolute atomic E-state index is 0.199. The van der Waals surface area contributed by atoms with Crippen LogP contribution >= 0.6 is 11.8 Å². The Hall–Kier alpha value is -1.48.